The number of nitrogens with zero attached hydrogens (tertiary/aromatic N) is 1. The van der Waals surface area contributed by atoms with Gasteiger partial charge in [-0.05, 0) is 136 Å². The predicted molar refractivity (Wildman–Crippen MR) is 290 cm³/mol. The van der Waals surface area contributed by atoms with Gasteiger partial charge in [-0.3, -0.25) is 0 Å². The van der Waals surface area contributed by atoms with Crippen molar-refractivity contribution in [2.45, 2.75) is 38.5 Å². The summed E-state index contributed by atoms with van der Waals surface area (Å²) >= 11 is 0. The smallest absolute Gasteiger partial charge is 0.180 e. The highest BCUT2D eigenvalue weighted by molar-refractivity contribution is 7.22. The van der Waals surface area contributed by atoms with Crippen molar-refractivity contribution in [1.29, 1.82) is 0 Å². The number of rotatable bonds is 8. The Balaban J connectivity index is 1.17. The molecule has 10 aromatic carbocycles. The van der Waals surface area contributed by atoms with E-state index in [1.807, 2.05) is 0 Å². The van der Waals surface area contributed by atoms with Crippen LogP contribution in [0.4, 0.5) is 17.1 Å². The van der Waals surface area contributed by atoms with E-state index in [1.54, 1.807) is 0 Å². The molecule has 1 aliphatic carbocycles. The zero-order valence-corrected chi connectivity index (χ0v) is 40.1. The normalized spacial score (nSPS) is 13.8. The molecule has 2 aliphatic rings. The Bertz CT molecular complexity index is 3410. The first-order chi connectivity index (χ1) is 33.3. The van der Waals surface area contributed by atoms with E-state index in [1.165, 1.54) is 87.5 Å². The lowest BCUT2D eigenvalue weighted by atomic mass is 9.67. The maximum absolute atomic E-state index is 2.88. The summed E-state index contributed by atoms with van der Waals surface area (Å²) in [7, 11) is -2.88. The van der Waals surface area contributed by atoms with Crippen molar-refractivity contribution in [3.8, 4) is 33.4 Å². The van der Waals surface area contributed by atoms with Crippen LogP contribution in [0, 0.1) is 6.92 Å². The molecule has 10 aromatic rings. The molecule has 0 saturated carbocycles. The average Bonchev–Trinajstić information content (AvgIpc) is 3.86. The van der Waals surface area contributed by atoms with Crippen LogP contribution in [-0.4, -0.2) is 8.07 Å². The van der Waals surface area contributed by atoms with Gasteiger partial charge in [0.05, 0.1) is 5.41 Å². The Morgan fingerprint density at radius 2 is 0.853 bits per heavy atom. The molecule has 12 rings (SSSR count). The van der Waals surface area contributed by atoms with Gasteiger partial charge in [0.2, 0.25) is 0 Å². The Labute approximate surface area is 402 Å². The van der Waals surface area contributed by atoms with E-state index < -0.39 is 13.5 Å². The van der Waals surface area contributed by atoms with Crippen molar-refractivity contribution >= 4 is 45.9 Å². The second-order valence-electron chi connectivity index (χ2n) is 19.7. The molecular weight excluding hydrogens is 835 g/mol. The third kappa shape index (κ3) is 6.35. The Kier molecular flexibility index (Phi) is 9.93. The fraction of sp³-hybridized carbons (Fsp3) is 0.0909. The molecule has 0 N–H and O–H groups in total. The lowest BCUT2D eigenvalue weighted by Gasteiger charge is -2.36. The van der Waals surface area contributed by atoms with Gasteiger partial charge in [-0.2, -0.15) is 0 Å². The topological polar surface area (TPSA) is 3.24 Å². The molecule has 0 saturated heterocycles. The lowest BCUT2D eigenvalue weighted by molar-refractivity contribution is 0.591. The maximum Gasteiger partial charge on any atom is 0.180 e. The predicted octanol–water partition coefficient (Wildman–Crippen LogP) is 14.2. The Morgan fingerprint density at radius 3 is 1.44 bits per heavy atom. The van der Waals surface area contributed by atoms with E-state index in [0.717, 1.165) is 17.1 Å². The quantitative estimate of drug-likeness (QED) is 0.137. The zero-order valence-electron chi connectivity index (χ0n) is 39.1. The van der Waals surface area contributed by atoms with Gasteiger partial charge in [0.1, 0.15) is 0 Å². The van der Waals surface area contributed by atoms with Crippen LogP contribution in [0.5, 0.6) is 0 Å². The fourth-order valence-electron chi connectivity index (χ4n) is 11.8. The van der Waals surface area contributed by atoms with Gasteiger partial charge < -0.3 is 4.90 Å². The van der Waals surface area contributed by atoms with Gasteiger partial charge in [0.25, 0.3) is 0 Å². The van der Waals surface area contributed by atoms with Crippen molar-refractivity contribution < 1.29 is 0 Å². The average molecular weight is 888 g/mol. The molecule has 2 heteroatoms. The minimum atomic E-state index is -2.88. The van der Waals surface area contributed by atoms with Crippen LogP contribution in [-0.2, 0) is 10.8 Å². The highest BCUT2D eigenvalue weighted by Gasteiger charge is 2.50. The lowest BCUT2D eigenvalue weighted by Crippen LogP contribution is -2.73. The summed E-state index contributed by atoms with van der Waals surface area (Å²) < 4.78 is 0. The first-order valence-corrected chi connectivity index (χ1v) is 26.0. The summed E-state index contributed by atoms with van der Waals surface area (Å²) in [6.45, 7) is 9.37. The summed E-state index contributed by atoms with van der Waals surface area (Å²) in [4.78, 5) is 2.56. The zero-order chi connectivity index (χ0) is 46.0. The molecule has 0 aromatic heterocycles. The molecule has 1 aliphatic heterocycles. The molecule has 0 spiro atoms. The number of fused-ring (bicyclic) bond motifs is 6. The van der Waals surface area contributed by atoms with Crippen molar-refractivity contribution in [3.05, 3.63) is 282 Å². The molecular formula is C66H53NSi. The molecule has 0 bridgehead atoms. The van der Waals surface area contributed by atoms with Gasteiger partial charge in [-0.25, -0.2) is 0 Å². The van der Waals surface area contributed by atoms with Gasteiger partial charge in [0, 0.05) is 17.1 Å². The van der Waals surface area contributed by atoms with E-state index in [2.05, 4.69) is 281 Å². The number of hydrogen-bond donors (Lipinski definition) is 0. The second-order valence-corrected chi connectivity index (χ2v) is 23.4. The maximum atomic E-state index is 2.57. The molecule has 0 unspecified atom stereocenters. The van der Waals surface area contributed by atoms with Crippen LogP contribution in [0.15, 0.2) is 249 Å². The molecule has 1 nitrogen and oxygen atoms in total. The standard InChI is InChI=1S/C66H53NSi/c1-46-41-51(37-39-56(46)47-23-9-5-10-24-47)67(52-38-40-58-57-31-17-20-34-61(57)66(62(58)45-52,48-25-11-6-12-26-48)49-27-13-7-14-28-49)53-42-50(65(2,3)4)43-55(44-53)68(54-29-15-8-16-30-54)63-35-21-18-32-59(63)60-33-19-22-36-64(60)68/h5-45H,1-4H3. The van der Waals surface area contributed by atoms with Crippen molar-refractivity contribution in [1.82, 2.24) is 0 Å². The molecule has 0 amide bonds. The first-order valence-electron chi connectivity index (χ1n) is 24.0. The first kappa shape index (κ1) is 41.6. The van der Waals surface area contributed by atoms with Crippen LogP contribution in [0.25, 0.3) is 33.4 Å². The molecule has 0 fully saturated rings. The van der Waals surface area contributed by atoms with Crippen LogP contribution < -0.4 is 25.6 Å². The van der Waals surface area contributed by atoms with Crippen LogP contribution in [0.3, 0.4) is 0 Å². The molecule has 326 valence electrons. The number of aryl methyl sites for hydroxylation is 1. The third-order valence-corrected chi connectivity index (χ3v) is 19.7. The van der Waals surface area contributed by atoms with Gasteiger partial charge in [-0.15, -0.1) is 0 Å². The number of benzene rings is 10. The number of anilines is 3. The molecule has 1 heterocycles. The second kappa shape index (κ2) is 16.2. The van der Waals surface area contributed by atoms with Crippen molar-refractivity contribution in [2.24, 2.45) is 0 Å². The van der Waals surface area contributed by atoms with E-state index in [4.69, 9.17) is 0 Å². The molecule has 0 atom stereocenters. The van der Waals surface area contributed by atoms with E-state index in [9.17, 15) is 0 Å². The van der Waals surface area contributed by atoms with E-state index >= 15 is 0 Å². The highest BCUT2D eigenvalue weighted by Crippen LogP contribution is 2.57. The highest BCUT2D eigenvalue weighted by atomic mass is 28.3. The molecule has 0 radical (unpaired) electrons. The molecule has 68 heavy (non-hydrogen) atoms. The van der Waals surface area contributed by atoms with Crippen LogP contribution in [0.1, 0.15) is 54.2 Å². The van der Waals surface area contributed by atoms with Gasteiger partial charge >= 0.3 is 0 Å². The van der Waals surface area contributed by atoms with Crippen molar-refractivity contribution in [2.75, 3.05) is 4.90 Å². The van der Waals surface area contributed by atoms with Gasteiger partial charge in [0.15, 0.2) is 8.07 Å². The summed E-state index contributed by atoms with van der Waals surface area (Å²) in [5, 5.41) is 5.69. The Hall–Kier alpha value is -7.78. The minimum Gasteiger partial charge on any atom is -0.310 e. The van der Waals surface area contributed by atoms with Crippen molar-refractivity contribution in [3.63, 3.8) is 0 Å². The largest absolute Gasteiger partial charge is 0.310 e. The van der Waals surface area contributed by atoms with Crippen LogP contribution in [0.2, 0.25) is 0 Å². The summed E-state index contributed by atoms with van der Waals surface area (Å²) in [6.07, 6.45) is 0. The minimum absolute atomic E-state index is 0.150. The van der Waals surface area contributed by atoms with Gasteiger partial charge in [-0.1, -0.05) is 233 Å². The number of hydrogen-bond acceptors (Lipinski definition) is 1. The van der Waals surface area contributed by atoms with E-state index in [-0.39, 0.29) is 5.41 Å². The Morgan fingerprint density at radius 1 is 0.368 bits per heavy atom. The van der Waals surface area contributed by atoms with E-state index in [0.29, 0.717) is 0 Å². The summed E-state index contributed by atoms with van der Waals surface area (Å²) in [6, 6.07) is 94.0. The monoisotopic (exact) mass is 887 g/mol. The summed E-state index contributed by atoms with van der Waals surface area (Å²) in [5.74, 6) is 0. The van der Waals surface area contributed by atoms with Crippen LogP contribution >= 0.6 is 0 Å². The fourth-order valence-corrected chi connectivity index (χ4v) is 17.1. The summed E-state index contributed by atoms with van der Waals surface area (Å²) in [5.41, 5.74) is 18.1. The SMILES string of the molecule is Cc1cc(N(c2cc(C(C)(C)C)cc([Si]3(c4ccccc4)c4ccccc4-c4ccccc43)c2)c2ccc3c(c2)C(c2ccccc2)(c2ccccc2)c2ccccc2-3)ccc1-c1ccccc1. The third-order valence-electron chi connectivity index (χ3n) is 14.9.